The van der Waals surface area contributed by atoms with Crippen LogP contribution in [0.2, 0.25) is 0 Å². The zero-order valence-corrected chi connectivity index (χ0v) is 18.6. The number of benzene rings is 2. The standard InChI is InChI=1S/C25H28N6O/c1-4-31(5-2)24-15-23(27-17(3)28-24)29-19-10-12-20(13-11-19)30-25(32)14-18-16-26-22-9-7-6-8-21(18)22/h6-13,15-16,26H,4-5,14H2,1-3H3,(H,30,32)(H,27,28,29). The van der Waals surface area contributed by atoms with E-state index in [4.69, 9.17) is 0 Å². The summed E-state index contributed by atoms with van der Waals surface area (Å²) < 4.78 is 0. The normalized spacial score (nSPS) is 10.8. The molecule has 0 atom stereocenters. The van der Waals surface area contributed by atoms with Crippen molar-refractivity contribution < 1.29 is 4.79 Å². The van der Waals surface area contributed by atoms with Crippen molar-refractivity contribution in [2.75, 3.05) is 28.6 Å². The molecule has 0 saturated carbocycles. The molecule has 0 aliphatic carbocycles. The molecule has 0 aliphatic heterocycles. The molecule has 4 aromatic rings. The lowest BCUT2D eigenvalue weighted by Gasteiger charge is -2.20. The molecule has 7 nitrogen and oxygen atoms in total. The van der Waals surface area contributed by atoms with Crippen molar-refractivity contribution in [1.29, 1.82) is 0 Å². The zero-order chi connectivity index (χ0) is 22.5. The van der Waals surface area contributed by atoms with Crippen molar-refractivity contribution in [2.24, 2.45) is 0 Å². The van der Waals surface area contributed by atoms with Crippen LogP contribution in [0.15, 0.2) is 60.8 Å². The first kappa shape index (κ1) is 21.4. The van der Waals surface area contributed by atoms with E-state index in [1.165, 1.54) is 0 Å². The van der Waals surface area contributed by atoms with Gasteiger partial charge in [0, 0.05) is 47.6 Å². The molecule has 0 spiro atoms. The fraction of sp³-hybridized carbons (Fsp3) is 0.240. The van der Waals surface area contributed by atoms with Gasteiger partial charge in [0.1, 0.15) is 17.5 Å². The molecule has 2 aromatic heterocycles. The van der Waals surface area contributed by atoms with Crippen LogP contribution in [0, 0.1) is 6.92 Å². The number of fused-ring (bicyclic) bond motifs is 1. The summed E-state index contributed by atoms with van der Waals surface area (Å²) in [6, 6.07) is 17.6. The second-order valence-electron chi connectivity index (χ2n) is 7.62. The van der Waals surface area contributed by atoms with Crippen LogP contribution in [0.25, 0.3) is 10.9 Å². The van der Waals surface area contributed by atoms with E-state index in [2.05, 4.69) is 44.3 Å². The fourth-order valence-corrected chi connectivity index (χ4v) is 3.77. The summed E-state index contributed by atoms with van der Waals surface area (Å²) in [5, 5.41) is 7.38. The maximum absolute atomic E-state index is 12.5. The first-order valence-corrected chi connectivity index (χ1v) is 10.9. The molecular formula is C25H28N6O. The molecule has 0 fully saturated rings. The minimum absolute atomic E-state index is 0.0502. The monoisotopic (exact) mass is 428 g/mol. The van der Waals surface area contributed by atoms with Gasteiger partial charge in [0.25, 0.3) is 0 Å². The number of nitrogens with zero attached hydrogens (tertiary/aromatic N) is 3. The first-order chi connectivity index (χ1) is 15.6. The van der Waals surface area contributed by atoms with Crippen molar-refractivity contribution in [2.45, 2.75) is 27.2 Å². The molecular weight excluding hydrogens is 400 g/mol. The van der Waals surface area contributed by atoms with Gasteiger partial charge in [-0.25, -0.2) is 9.97 Å². The summed E-state index contributed by atoms with van der Waals surface area (Å²) >= 11 is 0. The van der Waals surface area contributed by atoms with Crippen LogP contribution in [0.5, 0.6) is 0 Å². The van der Waals surface area contributed by atoms with Crippen LogP contribution >= 0.6 is 0 Å². The summed E-state index contributed by atoms with van der Waals surface area (Å²) in [5.74, 6) is 2.32. The Morgan fingerprint density at radius 2 is 1.72 bits per heavy atom. The smallest absolute Gasteiger partial charge is 0.228 e. The van der Waals surface area contributed by atoms with Crippen LogP contribution < -0.4 is 15.5 Å². The number of carbonyl (C=O) groups excluding carboxylic acids is 1. The molecule has 164 valence electrons. The molecule has 0 radical (unpaired) electrons. The van der Waals surface area contributed by atoms with Crippen molar-refractivity contribution in [3.63, 3.8) is 0 Å². The van der Waals surface area contributed by atoms with E-state index in [1.807, 2.05) is 67.7 Å². The van der Waals surface area contributed by atoms with E-state index in [9.17, 15) is 4.79 Å². The molecule has 0 bridgehead atoms. The third-order valence-corrected chi connectivity index (χ3v) is 5.38. The lowest BCUT2D eigenvalue weighted by Crippen LogP contribution is -2.23. The molecule has 0 unspecified atom stereocenters. The highest BCUT2D eigenvalue weighted by Gasteiger charge is 2.10. The van der Waals surface area contributed by atoms with Crippen molar-refractivity contribution >= 4 is 39.8 Å². The van der Waals surface area contributed by atoms with Gasteiger partial charge >= 0.3 is 0 Å². The van der Waals surface area contributed by atoms with Crippen LogP contribution in [-0.2, 0) is 11.2 Å². The Morgan fingerprint density at radius 1 is 1.00 bits per heavy atom. The average Bonchev–Trinajstić information content (AvgIpc) is 3.18. The number of aryl methyl sites for hydroxylation is 1. The zero-order valence-electron chi connectivity index (χ0n) is 18.6. The maximum Gasteiger partial charge on any atom is 0.228 e. The predicted molar refractivity (Wildman–Crippen MR) is 131 cm³/mol. The third-order valence-electron chi connectivity index (χ3n) is 5.38. The minimum Gasteiger partial charge on any atom is -0.361 e. The minimum atomic E-state index is -0.0502. The molecule has 3 N–H and O–H groups in total. The number of amides is 1. The Morgan fingerprint density at radius 3 is 2.47 bits per heavy atom. The quantitative estimate of drug-likeness (QED) is 0.366. The number of rotatable bonds is 8. The second-order valence-corrected chi connectivity index (χ2v) is 7.62. The molecule has 2 aromatic carbocycles. The summed E-state index contributed by atoms with van der Waals surface area (Å²) in [5.41, 5.74) is 3.67. The number of carbonyl (C=O) groups is 1. The molecule has 32 heavy (non-hydrogen) atoms. The van der Waals surface area contributed by atoms with E-state index >= 15 is 0 Å². The van der Waals surface area contributed by atoms with Gasteiger partial charge in [0.15, 0.2) is 0 Å². The van der Waals surface area contributed by atoms with Crippen LogP contribution in [-0.4, -0.2) is 33.9 Å². The van der Waals surface area contributed by atoms with Gasteiger partial charge in [0.05, 0.1) is 6.42 Å². The van der Waals surface area contributed by atoms with Gasteiger partial charge in [-0.2, -0.15) is 0 Å². The van der Waals surface area contributed by atoms with Crippen molar-refractivity contribution in [3.05, 3.63) is 72.2 Å². The summed E-state index contributed by atoms with van der Waals surface area (Å²) in [6.07, 6.45) is 2.21. The van der Waals surface area contributed by atoms with Crippen molar-refractivity contribution in [3.8, 4) is 0 Å². The number of aromatic amines is 1. The molecule has 4 rings (SSSR count). The molecule has 0 saturated heterocycles. The molecule has 7 heteroatoms. The lowest BCUT2D eigenvalue weighted by atomic mass is 10.1. The van der Waals surface area contributed by atoms with Gasteiger partial charge in [0.2, 0.25) is 5.91 Å². The van der Waals surface area contributed by atoms with E-state index in [-0.39, 0.29) is 5.91 Å². The highest BCUT2D eigenvalue weighted by atomic mass is 16.1. The van der Waals surface area contributed by atoms with E-state index < -0.39 is 0 Å². The first-order valence-electron chi connectivity index (χ1n) is 10.9. The largest absolute Gasteiger partial charge is 0.361 e. The molecule has 0 aliphatic rings. The Kier molecular flexibility index (Phi) is 6.35. The van der Waals surface area contributed by atoms with E-state index in [0.717, 1.165) is 58.4 Å². The van der Waals surface area contributed by atoms with Crippen molar-refractivity contribution in [1.82, 2.24) is 15.0 Å². The Hall–Kier alpha value is -3.87. The van der Waals surface area contributed by atoms with Gasteiger partial charge in [-0.3, -0.25) is 4.79 Å². The summed E-state index contributed by atoms with van der Waals surface area (Å²) in [7, 11) is 0. The SMILES string of the molecule is CCN(CC)c1cc(Nc2ccc(NC(=O)Cc3c[nH]c4ccccc34)cc2)nc(C)n1. The highest BCUT2D eigenvalue weighted by Crippen LogP contribution is 2.22. The van der Waals surface area contributed by atoms with Gasteiger partial charge in [-0.1, -0.05) is 18.2 Å². The van der Waals surface area contributed by atoms with Crippen LogP contribution in [0.4, 0.5) is 23.0 Å². The molecule has 1 amide bonds. The number of aromatic nitrogens is 3. The second kappa shape index (κ2) is 9.51. The number of para-hydroxylation sites is 1. The predicted octanol–water partition coefficient (Wildman–Crippen LogP) is 5.04. The lowest BCUT2D eigenvalue weighted by molar-refractivity contribution is -0.115. The van der Waals surface area contributed by atoms with Gasteiger partial charge < -0.3 is 20.5 Å². The Labute approximate surface area is 187 Å². The average molecular weight is 429 g/mol. The van der Waals surface area contributed by atoms with Gasteiger partial charge in [-0.15, -0.1) is 0 Å². The van der Waals surface area contributed by atoms with E-state index in [1.54, 1.807) is 0 Å². The maximum atomic E-state index is 12.5. The van der Waals surface area contributed by atoms with Crippen LogP contribution in [0.1, 0.15) is 25.2 Å². The van der Waals surface area contributed by atoms with Crippen LogP contribution in [0.3, 0.4) is 0 Å². The van der Waals surface area contributed by atoms with Gasteiger partial charge in [-0.05, 0) is 56.7 Å². The Bertz CT molecular complexity index is 1210. The number of anilines is 4. The number of hydrogen-bond acceptors (Lipinski definition) is 5. The Balaban J connectivity index is 1.40. The summed E-state index contributed by atoms with van der Waals surface area (Å²) in [4.78, 5) is 27.0. The fourth-order valence-electron chi connectivity index (χ4n) is 3.77. The topological polar surface area (TPSA) is 85.9 Å². The number of H-pyrrole nitrogens is 1. The third kappa shape index (κ3) is 4.88. The summed E-state index contributed by atoms with van der Waals surface area (Å²) in [6.45, 7) is 7.89. The van der Waals surface area contributed by atoms with E-state index in [0.29, 0.717) is 6.42 Å². The number of hydrogen-bond donors (Lipinski definition) is 3. The number of nitrogens with one attached hydrogen (secondary N) is 3. The highest BCUT2D eigenvalue weighted by molar-refractivity contribution is 5.95. The molecule has 2 heterocycles.